The van der Waals surface area contributed by atoms with Crippen LogP contribution in [0.1, 0.15) is 101 Å². The van der Waals surface area contributed by atoms with Gasteiger partial charge < -0.3 is 9.30 Å². The van der Waals surface area contributed by atoms with Gasteiger partial charge in [0, 0.05) is 34.5 Å². The normalized spacial score (nSPS) is 12.1. The van der Waals surface area contributed by atoms with Gasteiger partial charge >= 0.3 is 20.4 Å². The number of para-hydroxylation sites is 1. The number of rotatable bonds is 8. The number of fused-ring (bicyclic) bond motifs is 3. The second-order valence-corrected chi connectivity index (χ2v) is 16.8. The Morgan fingerprint density at radius 1 is 0.722 bits per heavy atom. The first kappa shape index (κ1) is 39.2. The SMILES string of the molecule is CCCCc1c(-c2c(C)cc(C)cc2C)c(C)nn1-c1[c-]c(Oc2[c-]c3c(cc2)c2ccccc2n3-c2cc(C(C)(C)C)ccn2)cc(C(C)(C)C)c1.[Pd+2]. The number of ether oxygens (including phenoxy) is 1. The summed E-state index contributed by atoms with van der Waals surface area (Å²) in [6.07, 6.45) is 4.99. The summed E-state index contributed by atoms with van der Waals surface area (Å²) in [5.74, 6) is 2.12. The van der Waals surface area contributed by atoms with Crippen molar-refractivity contribution in [2.24, 2.45) is 0 Å². The summed E-state index contributed by atoms with van der Waals surface area (Å²) >= 11 is 0. The Bertz CT molecular complexity index is 2470. The zero-order chi connectivity index (χ0) is 37.8. The smallest absolute Gasteiger partial charge is 0.509 e. The van der Waals surface area contributed by atoms with Crippen LogP contribution in [0.25, 0.3) is 44.4 Å². The molecule has 7 aromatic rings. The van der Waals surface area contributed by atoms with Crippen molar-refractivity contribution in [1.29, 1.82) is 0 Å². The van der Waals surface area contributed by atoms with Crippen molar-refractivity contribution in [1.82, 2.24) is 19.3 Å². The van der Waals surface area contributed by atoms with Gasteiger partial charge in [0.05, 0.1) is 5.69 Å². The summed E-state index contributed by atoms with van der Waals surface area (Å²) in [6.45, 7) is 24.4. The van der Waals surface area contributed by atoms with Crippen molar-refractivity contribution >= 4 is 21.8 Å². The number of aryl methyl sites for hydroxylation is 4. The van der Waals surface area contributed by atoms with E-state index >= 15 is 0 Å². The molecule has 0 unspecified atom stereocenters. The molecule has 7 rings (SSSR count). The number of hydrogen-bond acceptors (Lipinski definition) is 3. The maximum absolute atomic E-state index is 6.76. The Morgan fingerprint density at radius 2 is 1.43 bits per heavy atom. The van der Waals surface area contributed by atoms with E-state index in [-0.39, 0.29) is 31.3 Å². The molecule has 54 heavy (non-hydrogen) atoms. The van der Waals surface area contributed by atoms with Crippen molar-refractivity contribution in [2.75, 3.05) is 0 Å². The fraction of sp³-hybridized carbons (Fsp3) is 0.333. The zero-order valence-corrected chi connectivity index (χ0v) is 35.2. The number of unbranched alkanes of at least 4 members (excludes halogenated alkanes) is 1. The second-order valence-electron chi connectivity index (χ2n) is 16.8. The number of benzene rings is 4. The van der Waals surface area contributed by atoms with Gasteiger partial charge in [-0.3, -0.25) is 4.68 Å². The molecule has 280 valence electrons. The summed E-state index contributed by atoms with van der Waals surface area (Å²) in [4.78, 5) is 4.85. The Hall–Kier alpha value is -4.50. The summed E-state index contributed by atoms with van der Waals surface area (Å²) in [5, 5.41) is 7.49. The van der Waals surface area contributed by atoms with Gasteiger partial charge in [-0.2, -0.15) is 11.2 Å². The quantitative estimate of drug-likeness (QED) is 0.113. The molecule has 0 N–H and O–H groups in total. The molecule has 0 amide bonds. The number of nitrogens with zero attached hydrogens (tertiary/aromatic N) is 4. The first-order valence-electron chi connectivity index (χ1n) is 19.0. The molecule has 0 spiro atoms. The van der Waals surface area contributed by atoms with Crippen LogP contribution in [0.3, 0.4) is 0 Å². The van der Waals surface area contributed by atoms with E-state index in [1.807, 2.05) is 12.3 Å². The van der Waals surface area contributed by atoms with E-state index in [9.17, 15) is 0 Å². The Morgan fingerprint density at radius 3 is 2.11 bits per heavy atom. The molecule has 0 aliphatic rings. The molecule has 0 aliphatic heterocycles. The monoisotopic (exact) mass is 806 g/mol. The third-order valence-corrected chi connectivity index (χ3v) is 10.4. The van der Waals surface area contributed by atoms with Gasteiger partial charge in [-0.15, -0.1) is 41.3 Å². The minimum Gasteiger partial charge on any atom is -0.509 e. The molecule has 0 atom stereocenters. The third-order valence-electron chi connectivity index (χ3n) is 10.4. The van der Waals surface area contributed by atoms with Crippen LogP contribution in [0.2, 0.25) is 0 Å². The van der Waals surface area contributed by atoms with E-state index in [0.717, 1.165) is 63.8 Å². The summed E-state index contributed by atoms with van der Waals surface area (Å²) in [5.41, 5.74) is 13.7. The summed E-state index contributed by atoms with van der Waals surface area (Å²) in [7, 11) is 0. The number of pyridine rings is 1. The summed E-state index contributed by atoms with van der Waals surface area (Å²) < 4.78 is 11.1. The first-order valence-corrected chi connectivity index (χ1v) is 19.0. The first-order chi connectivity index (χ1) is 25.1. The van der Waals surface area contributed by atoms with Crippen LogP contribution in [-0.2, 0) is 37.7 Å². The van der Waals surface area contributed by atoms with Gasteiger partial charge in [0.25, 0.3) is 0 Å². The molecule has 3 heterocycles. The van der Waals surface area contributed by atoms with Crippen LogP contribution < -0.4 is 4.74 Å². The van der Waals surface area contributed by atoms with E-state index in [1.165, 1.54) is 39.1 Å². The summed E-state index contributed by atoms with van der Waals surface area (Å²) in [6, 6.07) is 33.1. The molecule has 0 bridgehead atoms. The molecule has 0 aliphatic carbocycles. The van der Waals surface area contributed by atoms with E-state index in [2.05, 4.69) is 164 Å². The molecule has 0 radical (unpaired) electrons. The number of hydrogen-bond donors (Lipinski definition) is 0. The zero-order valence-electron chi connectivity index (χ0n) is 33.6. The molecular formula is C48H52N4OPd. The minimum atomic E-state index is -0.134. The van der Waals surface area contributed by atoms with E-state index in [4.69, 9.17) is 14.8 Å². The largest absolute Gasteiger partial charge is 2.00 e. The van der Waals surface area contributed by atoms with Crippen LogP contribution in [0, 0.1) is 39.8 Å². The topological polar surface area (TPSA) is 44.9 Å². The van der Waals surface area contributed by atoms with Gasteiger partial charge in [0.1, 0.15) is 5.82 Å². The average Bonchev–Trinajstić information content (AvgIpc) is 3.60. The minimum absolute atomic E-state index is 0. The fourth-order valence-corrected chi connectivity index (χ4v) is 7.68. The Kier molecular flexibility index (Phi) is 10.9. The average molecular weight is 807 g/mol. The van der Waals surface area contributed by atoms with Gasteiger partial charge in [0.2, 0.25) is 0 Å². The maximum atomic E-state index is 6.76. The van der Waals surface area contributed by atoms with Crippen LogP contribution in [0.15, 0.2) is 79.0 Å². The fourth-order valence-electron chi connectivity index (χ4n) is 7.68. The molecule has 0 saturated carbocycles. The molecule has 5 nitrogen and oxygen atoms in total. The maximum Gasteiger partial charge on any atom is 2.00 e. The van der Waals surface area contributed by atoms with Crippen LogP contribution >= 0.6 is 0 Å². The van der Waals surface area contributed by atoms with Crippen LogP contribution in [0.4, 0.5) is 0 Å². The second kappa shape index (κ2) is 15.0. The van der Waals surface area contributed by atoms with E-state index in [1.54, 1.807) is 0 Å². The van der Waals surface area contributed by atoms with E-state index < -0.39 is 0 Å². The number of aromatic nitrogens is 4. The predicted octanol–water partition coefficient (Wildman–Crippen LogP) is 12.6. The molecule has 4 aromatic carbocycles. The molecule has 6 heteroatoms. The van der Waals surface area contributed by atoms with Gasteiger partial charge in [-0.25, -0.2) is 4.98 Å². The van der Waals surface area contributed by atoms with Gasteiger partial charge in [-0.1, -0.05) is 96.3 Å². The third kappa shape index (κ3) is 7.44. The van der Waals surface area contributed by atoms with Crippen molar-refractivity contribution in [3.05, 3.63) is 130 Å². The molecule has 0 fully saturated rings. The Labute approximate surface area is 335 Å². The van der Waals surface area contributed by atoms with Crippen molar-refractivity contribution in [2.45, 2.75) is 106 Å². The van der Waals surface area contributed by atoms with Gasteiger partial charge in [0.15, 0.2) is 0 Å². The van der Waals surface area contributed by atoms with Crippen molar-refractivity contribution < 1.29 is 25.2 Å². The molecule has 3 aromatic heterocycles. The van der Waals surface area contributed by atoms with Crippen LogP contribution in [0.5, 0.6) is 11.5 Å². The standard InChI is InChI=1S/C48H52N4O.Pd/c1-12-13-17-42-46(45-31(3)23-30(2)24-32(45)4)33(5)50-52(42)36-25-35(48(9,10)11)26-38(28-36)53-37-19-20-40-39-16-14-15-18-41(39)51(43(40)29-37)44-27-34(21-22-49-44)47(6,7)8;/h14-16,18-27H,12-13,17H2,1-11H3;/q-2;+2. The van der Waals surface area contributed by atoms with Crippen molar-refractivity contribution in [3.63, 3.8) is 0 Å². The Balaban J connectivity index is 0.00000497. The van der Waals surface area contributed by atoms with Crippen molar-refractivity contribution in [3.8, 4) is 34.1 Å². The van der Waals surface area contributed by atoms with Gasteiger partial charge in [-0.05, 0) is 103 Å². The molecular weight excluding hydrogens is 755 g/mol. The predicted molar refractivity (Wildman–Crippen MR) is 220 cm³/mol. The molecule has 0 saturated heterocycles. The van der Waals surface area contributed by atoms with E-state index in [0.29, 0.717) is 11.5 Å². The van der Waals surface area contributed by atoms with Crippen LogP contribution in [-0.4, -0.2) is 19.3 Å².